The lowest BCUT2D eigenvalue weighted by Crippen LogP contribution is -2.24. The molecule has 0 saturated heterocycles. The van der Waals surface area contributed by atoms with Crippen molar-refractivity contribution in [2.45, 2.75) is 49.6 Å². The van der Waals surface area contributed by atoms with Gasteiger partial charge < -0.3 is 0 Å². The van der Waals surface area contributed by atoms with Crippen LogP contribution in [-0.2, 0) is 12.3 Å². The number of thioether (sulfide) groups is 1. The van der Waals surface area contributed by atoms with Crippen molar-refractivity contribution in [2.24, 2.45) is 0 Å². The molecule has 8 heteroatoms. The third-order valence-electron chi connectivity index (χ3n) is 5.53. The van der Waals surface area contributed by atoms with Crippen LogP contribution in [-0.4, -0.2) is 24.5 Å². The van der Waals surface area contributed by atoms with Crippen molar-refractivity contribution in [1.82, 2.24) is 24.5 Å². The SMILES string of the molecule is O=c1c2ccccc2nc(SCc2csc(-c3ncccn3)n2)n1CCC1=CCCCC1. The molecule has 0 aliphatic heterocycles. The van der Waals surface area contributed by atoms with Crippen molar-refractivity contribution in [3.8, 4) is 10.8 Å². The van der Waals surface area contributed by atoms with E-state index in [1.807, 2.05) is 34.2 Å². The molecule has 1 aliphatic rings. The van der Waals surface area contributed by atoms with Crippen LogP contribution in [0.5, 0.6) is 0 Å². The van der Waals surface area contributed by atoms with E-state index in [1.54, 1.807) is 30.2 Å². The second kappa shape index (κ2) is 9.75. The summed E-state index contributed by atoms with van der Waals surface area (Å²) in [5.41, 5.74) is 3.17. The summed E-state index contributed by atoms with van der Waals surface area (Å²) in [7, 11) is 0. The molecule has 0 radical (unpaired) electrons. The fourth-order valence-corrected chi connectivity index (χ4v) is 5.65. The van der Waals surface area contributed by atoms with Crippen molar-refractivity contribution in [3.63, 3.8) is 0 Å². The van der Waals surface area contributed by atoms with Gasteiger partial charge in [0.25, 0.3) is 5.56 Å². The van der Waals surface area contributed by atoms with E-state index in [1.165, 1.54) is 29.8 Å². The molecule has 5 rings (SSSR count). The Labute approximate surface area is 194 Å². The maximum absolute atomic E-state index is 13.3. The fraction of sp³-hybridized carbons (Fsp3) is 0.292. The Bertz CT molecular complexity index is 1310. The minimum Gasteiger partial charge on any atom is -0.287 e. The maximum Gasteiger partial charge on any atom is 0.262 e. The lowest BCUT2D eigenvalue weighted by molar-refractivity contribution is 0.569. The Morgan fingerprint density at radius 3 is 2.78 bits per heavy atom. The number of aromatic nitrogens is 5. The summed E-state index contributed by atoms with van der Waals surface area (Å²) >= 11 is 3.09. The molecule has 0 unspecified atom stereocenters. The number of hydrogen-bond acceptors (Lipinski definition) is 7. The number of thiazole rings is 1. The lowest BCUT2D eigenvalue weighted by atomic mass is 9.97. The highest BCUT2D eigenvalue weighted by Gasteiger charge is 2.14. The molecule has 3 aromatic heterocycles. The summed E-state index contributed by atoms with van der Waals surface area (Å²) in [6, 6.07) is 9.38. The summed E-state index contributed by atoms with van der Waals surface area (Å²) in [6.07, 6.45) is 11.5. The minimum atomic E-state index is 0.0335. The molecule has 0 fully saturated rings. The van der Waals surface area contributed by atoms with Gasteiger partial charge in [-0.1, -0.05) is 35.5 Å². The molecule has 4 aromatic rings. The smallest absolute Gasteiger partial charge is 0.262 e. The number of rotatable bonds is 7. The molecular weight excluding hydrogens is 438 g/mol. The highest BCUT2D eigenvalue weighted by molar-refractivity contribution is 7.98. The van der Waals surface area contributed by atoms with Crippen molar-refractivity contribution in [1.29, 1.82) is 0 Å². The van der Waals surface area contributed by atoms with Gasteiger partial charge in [-0.15, -0.1) is 11.3 Å². The number of para-hydroxylation sites is 1. The van der Waals surface area contributed by atoms with E-state index >= 15 is 0 Å². The molecule has 1 aromatic carbocycles. The van der Waals surface area contributed by atoms with Crippen molar-refractivity contribution in [2.75, 3.05) is 0 Å². The molecule has 0 saturated carbocycles. The molecule has 0 N–H and O–H groups in total. The van der Waals surface area contributed by atoms with Crippen LogP contribution >= 0.6 is 23.1 Å². The number of fused-ring (bicyclic) bond motifs is 1. The summed E-state index contributed by atoms with van der Waals surface area (Å²) < 4.78 is 1.84. The first-order valence-corrected chi connectivity index (χ1v) is 12.7. The molecule has 1 aliphatic carbocycles. The maximum atomic E-state index is 13.3. The van der Waals surface area contributed by atoms with E-state index in [0.717, 1.165) is 40.6 Å². The Kier molecular flexibility index (Phi) is 6.41. The number of nitrogens with zero attached hydrogens (tertiary/aromatic N) is 5. The van der Waals surface area contributed by atoms with Gasteiger partial charge in [0.2, 0.25) is 0 Å². The second-order valence-corrected chi connectivity index (χ2v) is 9.53. The van der Waals surface area contributed by atoms with Gasteiger partial charge in [0.15, 0.2) is 16.0 Å². The van der Waals surface area contributed by atoms with Gasteiger partial charge in [0.05, 0.1) is 16.6 Å². The predicted molar refractivity (Wildman–Crippen MR) is 130 cm³/mol. The first-order valence-electron chi connectivity index (χ1n) is 10.8. The van der Waals surface area contributed by atoms with E-state index < -0.39 is 0 Å². The third kappa shape index (κ3) is 4.66. The highest BCUT2D eigenvalue weighted by Crippen LogP contribution is 2.27. The highest BCUT2D eigenvalue weighted by atomic mass is 32.2. The largest absolute Gasteiger partial charge is 0.287 e. The molecule has 32 heavy (non-hydrogen) atoms. The van der Waals surface area contributed by atoms with Gasteiger partial charge in [0, 0.05) is 30.1 Å². The number of allylic oxidation sites excluding steroid dienone is 2. The average molecular weight is 462 g/mol. The van der Waals surface area contributed by atoms with Crippen LogP contribution in [0, 0.1) is 0 Å². The van der Waals surface area contributed by atoms with Gasteiger partial charge >= 0.3 is 0 Å². The molecule has 162 valence electrons. The zero-order chi connectivity index (χ0) is 21.8. The monoisotopic (exact) mass is 461 g/mol. The predicted octanol–water partition coefficient (Wildman–Crippen LogP) is 5.49. The first kappa shape index (κ1) is 21.0. The fourth-order valence-electron chi connectivity index (χ4n) is 3.87. The van der Waals surface area contributed by atoms with Gasteiger partial charge in [0.1, 0.15) is 0 Å². The minimum absolute atomic E-state index is 0.0335. The van der Waals surface area contributed by atoms with Crippen LogP contribution in [0.2, 0.25) is 0 Å². The van der Waals surface area contributed by atoms with Crippen molar-refractivity contribution in [3.05, 3.63) is 75.8 Å². The molecule has 0 spiro atoms. The van der Waals surface area contributed by atoms with Crippen LogP contribution < -0.4 is 5.56 Å². The quantitative estimate of drug-likeness (QED) is 0.206. The van der Waals surface area contributed by atoms with E-state index in [4.69, 9.17) is 4.98 Å². The zero-order valence-corrected chi connectivity index (χ0v) is 19.2. The normalized spacial score (nSPS) is 13.9. The molecule has 6 nitrogen and oxygen atoms in total. The van der Waals surface area contributed by atoms with Crippen LogP contribution in [0.1, 0.15) is 37.8 Å². The molecule has 0 amide bonds. The van der Waals surface area contributed by atoms with Crippen molar-refractivity contribution >= 4 is 34.0 Å². The lowest BCUT2D eigenvalue weighted by Gasteiger charge is -2.16. The first-order chi connectivity index (χ1) is 15.8. The second-order valence-electron chi connectivity index (χ2n) is 7.73. The molecule has 0 atom stereocenters. The Hall–Kier alpha value is -2.84. The Balaban J connectivity index is 1.40. The average Bonchev–Trinajstić information content (AvgIpc) is 3.33. The van der Waals surface area contributed by atoms with E-state index in [2.05, 4.69) is 21.0 Å². The topological polar surface area (TPSA) is 73.6 Å². The summed E-state index contributed by atoms with van der Waals surface area (Å²) in [6.45, 7) is 0.658. The van der Waals surface area contributed by atoms with E-state index in [9.17, 15) is 4.79 Å². The number of benzene rings is 1. The van der Waals surface area contributed by atoms with E-state index in [0.29, 0.717) is 23.5 Å². The van der Waals surface area contributed by atoms with Crippen LogP contribution in [0.4, 0.5) is 0 Å². The molecule has 3 heterocycles. The van der Waals surface area contributed by atoms with Gasteiger partial charge in [-0.25, -0.2) is 19.9 Å². The summed E-state index contributed by atoms with van der Waals surface area (Å²) in [5, 5.41) is 4.24. The number of hydrogen-bond donors (Lipinski definition) is 0. The zero-order valence-electron chi connectivity index (χ0n) is 17.6. The third-order valence-corrected chi connectivity index (χ3v) is 7.42. The standard InChI is InChI=1S/C24H23N5OS2/c30-23-19-9-4-5-10-20(19)28-24(29(23)14-11-17-7-2-1-3-8-17)32-16-18-15-31-22(27-18)21-25-12-6-13-26-21/h4-7,9-10,12-13,15H,1-3,8,11,14,16H2. The van der Waals surface area contributed by atoms with Crippen LogP contribution in [0.3, 0.4) is 0 Å². The van der Waals surface area contributed by atoms with Crippen LogP contribution in [0.25, 0.3) is 21.7 Å². The summed E-state index contributed by atoms with van der Waals surface area (Å²) in [5.74, 6) is 1.27. The van der Waals surface area contributed by atoms with Gasteiger partial charge in [-0.2, -0.15) is 0 Å². The summed E-state index contributed by atoms with van der Waals surface area (Å²) in [4.78, 5) is 31.3. The van der Waals surface area contributed by atoms with E-state index in [-0.39, 0.29) is 5.56 Å². The van der Waals surface area contributed by atoms with Crippen molar-refractivity contribution < 1.29 is 0 Å². The van der Waals surface area contributed by atoms with Gasteiger partial charge in [-0.05, 0) is 50.3 Å². The molecular formula is C24H23N5OS2. The van der Waals surface area contributed by atoms with Crippen LogP contribution in [0.15, 0.2) is 69.7 Å². The Morgan fingerprint density at radius 2 is 1.94 bits per heavy atom. The van der Waals surface area contributed by atoms with Gasteiger partial charge in [-0.3, -0.25) is 9.36 Å². The Morgan fingerprint density at radius 1 is 1.06 bits per heavy atom. The molecule has 0 bridgehead atoms.